The summed E-state index contributed by atoms with van der Waals surface area (Å²) in [5, 5.41) is 10.7. The standard InChI is InChI=1S/C17H28N2O4/c1-5-13-10-14(20)19(11-13)12-17(22)6-8-18(9-7-17)15(21)23-16(2,3)4/h5,13,22H,1,6-12H2,2-4H3. The van der Waals surface area contributed by atoms with E-state index in [1.165, 1.54) is 0 Å². The van der Waals surface area contributed by atoms with E-state index in [9.17, 15) is 14.7 Å². The van der Waals surface area contributed by atoms with Crippen molar-refractivity contribution in [2.45, 2.75) is 51.2 Å². The first-order valence-electron chi connectivity index (χ1n) is 8.22. The fourth-order valence-corrected chi connectivity index (χ4v) is 3.06. The molecule has 0 aromatic rings. The lowest BCUT2D eigenvalue weighted by atomic mass is 9.91. The SMILES string of the molecule is C=CC1CC(=O)N(CC2(O)CCN(C(=O)OC(C)(C)C)CC2)C1. The van der Waals surface area contributed by atoms with Crippen LogP contribution < -0.4 is 0 Å². The molecule has 2 aliphatic rings. The van der Waals surface area contributed by atoms with E-state index in [0.29, 0.717) is 45.4 Å². The number of amides is 2. The first-order chi connectivity index (χ1) is 10.6. The van der Waals surface area contributed by atoms with E-state index in [2.05, 4.69) is 6.58 Å². The molecule has 0 spiro atoms. The smallest absolute Gasteiger partial charge is 0.410 e. The molecule has 0 aromatic heterocycles. The predicted octanol–water partition coefficient (Wildman–Crippen LogP) is 1.78. The Morgan fingerprint density at radius 2 is 2.04 bits per heavy atom. The summed E-state index contributed by atoms with van der Waals surface area (Å²) in [7, 11) is 0. The van der Waals surface area contributed by atoms with Gasteiger partial charge in [-0.3, -0.25) is 4.79 Å². The lowest BCUT2D eigenvalue weighted by molar-refractivity contribution is -0.132. The van der Waals surface area contributed by atoms with Gasteiger partial charge in [-0.05, 0) is 33.6 Å². The first-order valence-corrected chi connectivity index (χ1v) is 8.22. The fraction of sp³-hybridized carbons (Fsp3) is 0.765. The van der Waals surface area contributed by atoms with Gasteiger partial charge in [0.05, 0.1) is 5.60 Å². The lowest BCUT2D eigenvalue weighted by Crippen LogP contribution is -2.53. The van der Waals surface area contributed by atoms with Gasteiger partial charge in [-0.15, -0.1) is 6.58 Å². The molecule has 0 bridgehead atoms. The summed E-state index contributed by atoms with van der Waals surface area (Å²) in [4.78, 5) is 27.4. The van der Waals surface area contributed by atoms with E-state index in [4.69, 9.17) is 4.74 Å². The summed E-state index contributed by atoms with van der Waals surface area (Å²) in [5.41, 5.74) is -1.45. The van der Waals surface area contributed by atoms with Gasteiger partial charge in [-0.2, -0.15) is 0 Å². The molecule has 0 aromatic carbocycles. The predicted molar refractivity (Wildman–Crippen MR) is 86.9 cm³/mol. The van der Waals surface area contributed by atoms with Gasteiger partial charge in [0.25, 0.3) is 0 Å². The molecule has 130 valence electrons. The van der Waals surface area contributed by atoms with Crippen LogP contribution in [0.1, 0.15) is 40.0 Å². The molecule has 6 heteroatoms. The number of carbonyl (C=O) groups is 2. The zero-order valence-corrected chi connectivity index (χ0v) is 14.4. The lowest BCUT2D eigenvalue weighted by Gasteiger charge is -2.40. The number of aliphatic hydroxyl groups is 1. The van der Waals surface area contributed by atoms with Crippen molar-refractivity contribution in [1.82, 2.24) is 9.80 Å². The van der Waals surface area contributed by atoms with Gasteiger partial charge in [0, 0.05) is 38.5 Å². The highest BCUT2D eigenvalue weighted by atomic mass is 16.6. The Balaban J connectivity index is 1.86. The van der Waals surface area contributed by atoms with Crippen molar-refractivity contribution >= 4 is 12.0 Å². The van der Waals surface area contributed by atoms with Crippen LogP contribution >= 0.6 is 0 Å². The Morgan fingerprint density at radius 3 is 2.52 bits per heavy atom. The number of piperidine rings is 1. The van der Waals surface area contributed by atoms with Gasteiger partial charge in [-0.1, -0.05) is 6.08 Å². The molecule has 0 radical (unpaired) electrons. The number of rotatable bonds is 3. The summed E-state index contributed by atoms with van der Waals surface area (Å²) >= 11 is 0. The molecule has 23 heavy (non-hydrogen) atoms. The summed E-state index contributed by atoms with van der Waals surface area (Å²) in [6.07, 6.45) is 2.84. The largest absolute Gasteiger partial charge is 0.444 e. The van der Waals surface area contributed by atoms with Gasteiger partial charge in [0.15, 0.2) is 0 Å². The van der Waals surface area contributed by atoms with Crippen LogP contribution in [0.4, 0.5) is 4.79 Å². The number of likely N-dealkylation sites (tertiary alicyclic amines) is 2. The topological polar surface area (TPSA) is 70.1 Å². The maximum Gasteiger partial charge on any atom is 0.410 e. The fourth-order valence-electron chi connectivity index (χ4n) is 3.06. The van der Waals surface area contributed by atoms with Crippen molar-refractivity contribution in [2.24, 2.45) is 5.92 Å². The molecule has 1 atom stereocenters. The molecule has 2 aliphatic heterocycles. The van der Waals surface area contributed by atoms with Crippen LogP contribution in [0.3, 0.4) is 0 Å². The Morgan fingerprint density at radius 1 is 1.43 bits per heavy atom. The molecule has 1 N–H and O–H groups in total. The van der Waals surface area contributed by atoms with Gasteiger partial charge < -0.3 is 19.6 Å². The Hall–Kier alpha value is -1.56. The monoisotopic (exact) mass is 324 g/mol. The highest BCUT2D eigenvalue weighted by Gasteiger charge is 2.39. The maximum absolute atomic E-state index is 12.0. The average molecular weight is 324 g/mol. The third-order valence-corrected chi connectivity index (χ3v) is 4.41. The Labute approximate surface area is 138 Å². The summed E-state index contributed by atoms with van der Waals surface area (Å²) < 4.78 is 5.35. The highest BCUT2D eigenvalue weighted by molar-refractivity contribution is 5.79. The van der Waals surface area contributed by atoms with E-state index >= 15 is 0 Å². The van der Waals surface area contributed by atoms with Crippen LogP contribution in [0.15, 0.2) is 12.7 Å². The second kappa shape index (κ2) is 6.51. The molecule has 2 heterocycles. The summed E-state index contributed by atoms with van der Waals surface area (Å²) in [6, 6.07) is 0. The number of β-amino-alcohol motifs (C(OH)–C–C–N with tert-alkyl or cyclic N) is 1. The first kappa shape index (κ1) is 17.8. The second-order valence-corrected chi connectivity index (χ2v) is 7.67. The molecular formula is C17H28N2O4. The number of nitrogens with zero attached hydrogens (tertiary/aromatic N) is 2. The van der Waals surface area contributed by atoms with Crippen LogP contribution in [-0.4, -0.2) is 64.3 Å². The van der Waals surface area contributed by atoms with Gasteiger partial charge in [0.1, 0.15) is 5.60 Å². The van der Waals surface area contributed by atoms with Crippen LogP contribution in [-0.2, 0) is 9.53 Å². The quantitative estimate of drug-likeness (QED) is 0.804. The molecule has 2 saturated heterocycles. The van der Waals surface area contributed by atoms with Crippen LogP contribution in [0.25, 0.3) is 0 Å². The van der Waals surface area contributed by atoms with E-state index in [0.717, 1.165) is 0 Å². The van der Waals surface area contributed by atoms with Crippen LogP contribution in [0, 0.1) is 5.92 Å². The van der Waals surface area contributed by atoms with E-state index in [1.54, 1.807) is 15.9 Å². The normalized spacial score (nSPS) is 24.7. The van der Waals surface area contributed by atoms with Crippen LogP contribution in [0.2, 0.25) is 0 Å². The zero-order chi connectivity index (χ0) is 17.3. The van der Waals surface area contributed by atoms with Crippen molar-refractivity contribution < 1.29 is 19.4 Å². The minimum Gasteiger partial charge on any atom is -0.444 e. The molecule has 0 saturated carbocycles. The molecule has 2 fully saturated rings. The zero-order valence-electron chi connectivity index (χ0n) is 14.4. The minimum atomic E-state index is -0.926. The molecule has 2 rings (SSSR count). The number of hydrogen-bond acceptors (Lipinski definition) is 4. The van der Waals surface area contributed by atoms with Crippen molar-refractivity contribution in [2.75, 3.05) is 26.2 Å². The van der Waals surface area contributed by atoms with Crippen molar-refractivity contribution in [1.29, 1.82) is 0 Å². The Bertz CT molecular complexity index is 475. The van der Waals surface area contributed by atoms with Crippen molar-refractivity contribution in [3.63, 3.8) is 0 Å². The minimum absolute atomic E-state index is 0.0675. The Kier molecular flexibility index (Phi) is 5.04. The van der Waals surface area contributed by atoms with Crippen molar-refractivity contribution in [3.8, 4) is 0 Å². The molecule has 1 unspecified atom stereocenters. The van der Waals surface area contributed by atoms with Crippen LogP contribution in [0.5, 0.6) is 0 Å². The summed E-state index contributed by atoms with van der Waals surface area (Å²) in [6.45, 7) is 11.1. The van der Waals surface area contributed by atoms with E-state index < -0.39 is 11.2 Å². The van der Waals surface area contributed by atoms with Gasteiger partial charge in [-0.25, -0.2) is 4.79 Å². The average Bonchev–Trinajstić information content (AvgIpc) is 2.77. The third-order valence-electron chi connectivity index (χ3n) is 4.41. The van der Waals surface area contributed by atoms with E-state index in [-0.39, 0.29) is 17.9 Å². The number of ether oxygens (including phenoxy) is 1. The number of hydrogen-bond donors (Lipinski definition) is 1. The molecule has 6 nitrogen and oxygen atoms in total. The van der Waals surface area contributed by atoms with E-state index in [1.807, 2.05) is 20.8 Å². The molecule has 0 aliphatic carbocycles. The highest BCUT2D eigenvalue weighted by Crippen LogP contribution is 2.28. The van der Waals surface area contributed by atoms with Gasteiger partial charge >= 0.3 is 6.09 Å². The molecule has 2 amide bonds. The third kappa shape index (κ3) is 4.70. The molecular weight excluding hydrogens is 296 g/mol. The second-order valence-electron chi connectivity index (χ2n) is 7.67. The van der Waals surface area contributed by atoms with Gasteiger partial charge in [0.2, 0.25) is 5.91 Å². The maximum atomic E-state index is 12.0. The van der Waals surface area contributed by atoms with Crippen molar-refractivity contribution in [3.05, 3.63) is 12.7 Å². The number of carbonyl (C=O) groups excluding carboxylic acids is 2. The summed E-state index contributed by atoms with van der Waals surface area (Å²) in [5.74, 6) is 0.242.